The average Bonchev–Trinajstić information content (AvgIpc) is 2.27. The van der Waals surface area contributed by atoms with Crippen molar-refractivity contribution in [3.05, 3.63) is 29.8 Å². The van der Waals surface area contributed by atoms with Crippen LogP contribution in [0.1, 0.15) is 12.5 Å². The van der Waals surface area contributed by atoms with E-state index in [1.165, 1.54) is 0 Å². The van der Waals surface area contributed by atoms with Gasteiger partial charge in [0, 0.05) is 6.54 Å². The van der Waals surface area contributed by atoms with E-state index >= 15 is 0 Å². The topological polar surface area (TPSA) is 62.1 Å². The number of benzene rings is 1. The Hall–Kier alpha value is -2.02. The van der Waals surface area contributed by atoms with E-state index in [0.29, 0.717) is 17.9 Å². The lowest BCUT2D eigenvalue weighted by molar-refractivity contribution is -0.122. The maximum Gasteiger partial charge on any atom is 0.257 e. The SMILES string of the molecule is CCNC(=O)COc1cccc(C#N)c1. The van der Waals surface area contributed by atoms with E-state index in [-0.39, 0.29) is 12.5 Å². The molecule has 4 heteroatoms. The minimum Gasteiger partial charge on any atom is -0.484 e. The van der Waals surface area contributed by atoms with Crippen molar-refractivity contribution in [1.82, 2.24) is 5.32 Å². The van der Waals surface area contributed by atoms with Crippen molar-refractivity contribution in [2.45, 2.75) is 6.92 Å². The summed E-state index contributed by atoms with van der Waals surface area (Å²) in [6, 6.07) is 8.70. The maximum absolute atomic E-state index is 11.1. The highest BCUT2D eigenvalue weighted by molar-refractivity contribution is 5.77. The van der Waals surface area contributed by atoms with Gasteiger partial charge in [-0.25, -0.2) is 0 Å². The summed E-state index contributed by atoms with van der Waals surface area (Å²) < 4.78 is 5.20. The summed E-state index contributed by atoms with van der Waals surface area (Å²) in [7, 11) is 0. The van der Waals surface area contributed by atoms with Gasteiger partial charge in [-0.2, -0.15) is 5.26 Å². The van der Waals surface area contributed by atoms with E-state index in [0.717, 1.165) is 0 Å². The number of carbonyl (C=O) groups is 1. The van der Waals surface area contributed by atoms with Gasteiger partial charge in [-0.05, 0) is 25.1 Å². The highest BCUT2D eigenvalue weighted by atomic mass is 16.5. The van der Waals surface area contributed by atoms with Crippen LogP contribution in [0.4, 0.5) is 0 Å². The maximum atomic E-state index is 11.1. The van der Waals surface area contributed by atoms with Crippen molar-refractivity contribution in [3.63, 3.8) is 0 Å². The van der Waals surface area contributed by atoms with Gasteiger partial charge >= 0.3 is 0 Å². The third-order valence-electron chi connectivity index (χ3n) is 1.71. The molecule has 0 radical (unpaired) electrons. The summed E-state index contributed by atoms with van der Waals surface area (Å²) in [5.74, 6) is 0.361. The van der Waals surface area contributed by atoms with Gasteiger partial charge in [0.15, 0.2) is 6.61 Å². The molecule has 0 atom stereocenters. The fraction of sp³-hybridized carbons (Fsp3) is 0.273. The quantitative estimate of drug-likeness (QED) is 0.798. The van der Waals surface area contributed by atoms with Crippen molar-refractivity contribution in [3.8, 4) is 11.8 Å². The summed E-state index contributed by atoms with van der Waals surface area (Å²) in [6.07, 6.45) is 0. The van der Waals surface area contributed by atoms with Gasteiger partial charge in [-0.3, -0.25) is 4.79 Å². The normalized spacial score (nSPS) is 9.07. The lowest BCUT2D eigenvalue weighted by atomic mass is 10.2. The molecule has 0 bridgehead atoms. The molecule has 1 rings (SSSR count). The standard InChI is InChI=1S/C11H12N2O2/c1-2-13-11(14)8-15-10-5-3-4-9(6-10)7-12/h3-6H,2,8H2,1H3,(H,13,14). The Balaban J connectivity index is 2.51. The van der Waals surface area contributed by atoms with Crippen LogP contribution in [-0.2, 0) is 4.79 Å². The number of carbonyl (C=O) groups excluding carboxylic acids is 1. The van der Waals surface area contributed by atoms with Gasteiger partial charge < -0.3 is 10.1 Å². The van der Waals surface area contributed by atoms with Crippen LogP contribution in [0, 0.1) is 11.3 Å². The number of nitrogens with one attached hydrogen (secondary N) is 1. The van der Waals surface area contributed by atoms with E-state index < -0.39 is 0 Å². The minimum absolute atomic E-state index is 0.0251. The Morgan fingerprint density at radius 2 is 2.40 bits per heavy atom. The largest absolute Gasteiger partial charge is 0.484 e. The first-order valence-corrected chi connectivity index (χ1v) is 4.66. The van der Waals surface area contributed by atoms with E-state index in [1.807, 2.05) is 13.0 Å². The third kappa shape index (κ3) is 3.69. The molecule has 1 aromatic carbocycles. The molecule has 1 N–H and O–H groups in total. The number of nitriles is 1. The monoisotopic (exact) mass is 204 g/mol. The number of ether oxygens (including phenoxy) is 1. The zero-order valence-corrected chi connectivity index (χ0v) is 8.49. The van der Waals surface area contributed by atoms with E-state index in [9.17, 15) is 4.79 Å². The molecule has 0 aliphatic rings. The molecule has 1 aromatic rings. The number of rotatable bonds is 4. The molecule has 0 aliphatic carbocycles. The van der Waals surface area contributed by atoms with Crippen LogP contribution in [0.2, 0.25) is 0 Å². The number of nitrogens with zero attached hydrogens (tertiary/aromatic N) is 1. The third-order valence-corrected chi connectivity index (χ3v) is 1.71. The lowest BCUT2D eigenvalue weighted by Gasteiger charge is -2.05. The summed E-state index contributed by atoms with van der Waals surface area (Å²) in [5.41, 5.74) is 0.517. The van der Waals surface area contributed by atoms with E-state index in [4.69, 9.17) is 10.00 Å². The molecule has 15 heavy (non-hydrogen) atoms. The van der Waals surface area contributed by atoms with Gasteiger partial charge in [-0.1, -0.05) is 6.07 Å². The van der Waals surface area contributed by atoms with Gasteiger partial charge in [0.2, 0.25) is 0 Å². The molecule has 0 aliphatic heterocycles. The van der Waals surface area contributed by atoms with Crippen molar-refractivity contribution in [2.24, 2.45) is 0 Å². The second-order valence-corrected chi connectivity index (χ2v) is 2.88. The molecule has 0 aromatic heterocycles. The van der Waals surface area contributed by atoms with Crippen LogP contribution in [0.5, 0.6) is 5.75 Å². The number of hydrogen-bond donors (Lipinski definition) is 1. The molecule has 0 unspecified atom stereocenters. The molecule has 0 saturated carbocycles. The second-order valence-electron chi connectivity index (χ2n) is 2.88. The fourth-order valence-corrected chi connectivity index (χ4v) is 1.05. The molecule has 4 nitrogen and oxygen atoms in total. The fourth-order valence-electron chi connectivity index (χ4n) is 1.05. The Labute approximate surface area is 88.5 Å². The predicted octanol–water partition coefficient (Wildman–Crippen LogP) is 1.07. The van der Waals surface area contributed by atoms with Gasteiger partial charge in [0.05, 0.1) is 11.6 Å². The van der Waals surface area contributed by atoms with Crippen LogP contribution in [0.15, 0.2) is 24.3 Å². The van der Waals surface area contributed by atoms with Crippen LogP contribution in [-0.4, -0.2) is 19.1 Å². The lowest BCUT2D eigenvalue weighted by Crippen LogP contribution is -2.28. The van der Waals surface area contributed by atoms with Crippen molar-refractivity contribution in [2.75, 3.05) is 13.2 Å². The molecule has 0 saturated heterocycles. The number of hydrogen-bond acceptors (Lipinski definition) is 3. The first-order chi connectivity index (χ1) is 7.26. The van der Waals surface area contributed by atoms with Crippen molar-refractivity contribution in [1.29, 1.82) is 5.26 Å². The van der Waals surface area contributed by atoms with Crippen molar-refractivity contribution < 1.29 is 9.53 Å². The zero-order valence-electron chi connectivity index (χ0n) is 8.49. The Bertz CT molecular complexity index is 382. The van der Waals surface area contributed by atoms with Crippen molar-refractivity contribution >= 4 is 5.91 Å². The molecule has 1 amide bonds. The summed E-state index contributed by atoms with van der Waals surface area (Å²) >= 11 is 0. The Morgan fingerprint density at radius 1 is 1.60 bits per heavy atom. The second kappa shape index (κ2) is 5.66. The first kappa shape index (κ1) is 11.1. The summed E-state index contributed by atoms with van der Waals surface area (Å²) in [5, 5.41) is 11.3. The highest BCUT2D eigenvalue weighted by Gasteiger charge is 2.01. The molecule has 0 fully saturated rings. The van der Waals surface area contributed by atoms with Gasteiger partial charge in [0.1, 0.15) is 5.75 Å². The van der Waals surface area contributed by atoms with E-state index in [2.05, 4.69) is 5.32 Å². The summed E-state index contributed by atoms with van der Waals surface area (Å²) in [6.45, 7) is 2.40. The van der Waals surface area contributed by atoms with Crippen LogP contribution < -0.4 is 10.1 Å². The smallest absolute Gasteiger partial charge is 0.257 e. The van der Waals surface area contributed by atoms with Crippen LogP contribution in [0.3, 0.4) is 0 Å². The minimum atomic E-state index is -0.167. The average molecular weight is 204 g/mol. The Kier molecular flexibility index (Phi) is 4.17. The molecule has 0 spiro atoms. The van der Waals surface area contributed by atoms with Crippen LogP contribution >= 0.6 is 0 Å². The molecule has 0 heterocycles. The number of amides is 1. The Morgan fingerprint density at radius 3 is 3.07 bits per heavy atom. The molecular weight excluding hydrogens is 192 g/mol. The zero-order chi connectivity index (χ0) is 11.1. The number of likely N-dealkylation sites (N-methyl/N-ethyl adjacent to an activating group) is 1. The van der Waals surface area contributed by atoms with E-state index in [1.54, 1.807) is 24.3 Å². The van der Waals surface area contributed by atoms with Crippen LogP contribution in [0.25, 0.3) is 0 Å². The predicted molar refractivity (Wildman–Crippen MR) is 55.3 cm³/mol. The van der Waals surface area contributed by atoms with Gasteiger partial charge in [0.25, 0.3) is 5.91 Å². The summed E-state index contributed by atoms with van der Waals surface area (Å²) in [4.78, 5) is 11.1. The molecule has 78 valence electrons. The first-order valence-electron chi connectivity index (χ1n) is 4.66. The molecular formula is C11H12N2O2. The van der Waals surface area contributed by atoms with Gasteiger partial charge in [-0.15, -0.1) is 0 Å². The highest BCUT2D eigenvalue weighted by Crippen LogP contribution is 2.11.